The molecule has 0 fully saturated rings. The molecule has 0 saturated heterocycles. The quantitative estimate of drug-likeness (QED) is 0.500. The molecule has 2 nitrogen and oxygen atoms in total. The standard InChI is InChI=1S/C9H17NOSi/c11-9(10-12)7-3-6-8-4-1-2-5-8/h1-2,8H,3-7H2,12H3,(H,10,11). The molecule has 0 aromatic rings. The zero-order valence-electron chi connectivity index (χ0n) is 7.68. The van der Waals surface area contributed by atoms with E-state index in [1.165, 1.54) is 19.3 Å². The summed E-state index contributed by atoms with van der Waals surface area (Å²) < 4.78 is 0. The summed E-state index contributed by atoms with van der Waals surface area (Å²) in [4.78, 5) is 13.7. The van der Waals surface area contributed by atoms with Crippen molar-refractivity contribution in [3.8, 4) is 0 Å². The van der Waals surface area contributed by atoms with Crippen LogP contribution in [0.15, 0.2) is 12.2 Å². The van der Waals surface area contributed by atoms with Crippen LogP contribution in [0.5, 0.6) is 0 Å². The SMILES string of the molecule is O=C(CCCC1CC=CC1)N[SiH3]. The summed E-state index contributed by atoms with van der Waals surface area (Å²) in [6.45, 7) is 0. The number of carbonyl (C=O) groups is 1. The van der Waals surface area contributed by atoms with Crippen LogP contribution >= 0.6 is 0 Å². The highest BCUT2D eigenvalue weighted by Gasteiger charge is 2.09. The minimum atomic E-state index is 0.229. The van der Waals surface area contributed by atoms with Gasteiger partial charge in [0.2, 0.25) is 5.91 Å². The molecule has 0 saturated carbocycles. The largest absolute Gasteiger partial charge is 0.391 e. The van der Waals surface area contributed by atoms with E-state index in [0.717, 1.165) is 29.2 Å². The molecule has 68 valence electrons. The molecule has 0 aliphatic heterocycles. The number of carbonyl (C=O) groups excluding carboxylic acids is 1. The van der Waals surface area contributed by atoms with E-state index in [-0.39, 0.29) is 5.91 Å². The summed E-state index contributed by atoms with van der Waals surface area (Å²) in [7, 11) is 0.788. The first kappa shape index (κ1) is 9.51. The average molecular weight is 183 g/mol. The van der Waals surface area contributed by atoms with Crippen LogP contribution in [0.1, 0.15) is 32.1 Å². The van der Waals surface area contributed by atoms with Crippen molar-refractivity contribution in [2.75, 3.05) is 0 Å². The van der Waals surface area contributed by atoms with Gasteiger partial charge >= 0.3 is 0 Å². The van der Waals surface area contributed by atoms with Crippen molar-refractivity contribution in [1.82, 2.24) is 4.98 Å². The lowest BCUT2D eigenvalue weighted by Gasteiger charge is -2.07. The molecule has 0 aromatic carbocycles. The molecule has 3 heteroatoms. The number of hydrogen-bond donors (Lipinski definition) is 1. The summed E-state index contributed by atoms with van der Waals surface area (Å²) in [6, 6.07) is 0. The van der Waals surface area contributed by atoms with Gasteiger partial charge in [-0.1, -0.05) is 12.2 Å². The smallest absolute Gasteiger partial charge is 0.211 e. The van der Waals surface area contributed by atoms with E-state index < -0.39 is 0 Å². The van der Waals surface area contributed by atoms with Crippen LogP contribution in [0, 0.1) is 5.92 Å². The van der Waals surface area contributed by atoms with Crippen LogP contribution in [-0.2, 0) is 4.79 Å². The molecule has 0 bridgehead atoms. The summed E-state index contributed by atoms with van der Waals surface area (Å²) in [5.74, 6) is 1.06. The molecule has 1 aliphatic carbocycles. The average Bonchev–Trinajstić information content (AvgIpc) is 2.57. The highest BCUT2D eigenvalue weighted by molar-refractivity contribution is 6.14. The first-order chi connectivity index (χ1) is 5.83. The van der Waals surface area contributed by atoms with E-state index in [0.29, 0.717) is 0 Å². The fraction of sp³-hybridized carbons (Fsp3) is 0.667. The van der Waals surface area contributed by atoms with Gasteiger partial charge in [0.1, 0.15) is 10.4 Å². The van der Waals surface area contributed by atoms with E-state index in [2.05, 4.69) is 17.1 Å². The number of rotatable bonds is 4. The Morgan fingerprint density at radius 2 is 2.17 bits per heavy atom. The van der Waals surface area contributed by atoms with E-state index >= 15 is 0 Å². The lowest BCUT2D eigenvalue weighted by Crippen LogP contribution is -2.19. The fourth-order valence-corrected chi connectivity index (χ4v) is 1.84. The van der Waals surface area contributed by atoms with Gasteiger partial charge < -0.3 is 4.98 Å². The first-order valence-electron chi connectivity index (χ1n) is 4.68. The third-order valence-electron chi connectivity index (χ3n) is 2.40. The maximum Gasteiger partial charge on any atom is 0.211 e. The van der Waals surface area contributed by atoms with Crippen LogP contribution in [0.25, 0.3) is 0 Å². The molecule has 0 aromatic heterocycles. The Hall–Kier alpha value is -0.573. The van der Waals surface area contributed by atoms with E-state index in [9.17, 15) is 4.79 Å². The minimum Gasteiger partial charge on any atom is -0.391 e. The topological polar surface area (TPSA) is 29.1 Å². The summed E-state index contributed by atoms with van der Waals surface area (Å²) in [5, 5.41) is 0. The highest BCUT2D eigenvalue weighted by Crippen LogP contribution is 2.22. The maximum absolute atomic E-state index is 10.9. The van der Waals surface area contributed by atoms with Crippen LogP contribution in [0.3, 0.4) is 0 Å². The van der Waals surface area contributed by atoms with Gasteiger partial charge in [-0.15, -0.1) is 0 Å². The molecule has 12 heavy (non-hydrogen) atoms. The monoisotopic (exact) mass is 183 g/mol. The van der Waals surface area contributed by atoms with Gasteiger partial charge in [0.25, 0.3) is 0 Å². The number of hydrogen-bond acceptors (Lipinski definition) is 1. The zero-order valence-corrected chi connectivity index (χ0v) is 9.68. The molecule has 0 unspecified atom stereocenters. The second kappa shape index (κ2) is 5.14. The van der Waals surface area contributed by atoms with Crippen molar-refractivity contribution in [3.63, 3.8) is 0 Å². The van der Waals surface area contributed by atoms with Crippen LogP contribution in [0.4, 0.5) is 0 Å². The van der Waals surface area contributed by atoms with E-state index in [1.54, 1.807) is 0 Å². The molecule has 0 heterocycles. The lowest BCUT2D eigenvalue weighted by molar-refractivity contribution is -0.119. The molecular formula is C9H17NOSi. The van der Waals surface area contributed by atoms with Crippen molar-refractivity contribution < 1.29 is 4.79 Å². The Morgan fingerprint density at radius 3 is 2.75 bits per heavy atom. The van der Waals surface area contributed by atoms with Gasteiger partial charge in [-0.25, -0.2) is 0 Å². The normalized spacial score (nSPS) is 17.0. The summed E-state index contributed by atoms with van der Waals surface area (Å²) in [5.41, 5.74) is 0. The zero-order chi connectivity index (χ0) is 8.81. The number of allylic oxidation sites excluding steroid dienone is 2. The van der Waals surface area contributed by atoms with Crippen molar-refractivity contribution in [2.24, 2.45) is 5.92 Å². The molecule has 1 amide bonds. The second-order valence-corrected chi connectivity index (χ2v) is 3.87. The predicted molar refractivity (Wildman–Crippen MR) is 53.8 cm³/mol. The number of nitrogens with one attached hydrogen (secondary N) is 1. The molecule has 0 atom stereocenters. The molecule has 1 aliphatic rings. The highest BCUT2D eigenvalue weighted by atomic mass is 28.2. The fourth-order valence-electron chi connectivity index (χ4n) is 1.59. The van der Waals surface area contributed by atoms with Crippen molar-refractivity contribution in [3.05, 3.63) is 12.2 Å². The van der Waals surface area contributed by atoms with Gasteiger partial charge in [0.05, 0.1) is 0 Å². The Balaban J connectivity index is 1.99. The first-order valence-corrected chi connectivity index (χ1v) is 5.68. The van der Waals surface area contributed by atoms with Crippen LogP contribution < -0.4 is 4.98 Å². The van der Waals surface area contributed by atoms with Crippen molar-refractivity contribution in [1.29, 1.82) is 0 Å². The van der Waals surface area contributed by atoms with Gasteiger partial charge in [-0.05, 0) is 31.6 Å². The lowest BCUT2D eigenvalue weighted by atomic mass is 10.00. The Kier molecular flexibility index (Phi) is 4.08. The van der Waals surface area contributed by atoms with E-state index in [4.69, 9.17) is 0 Å². The molecule has 0 spiro atoms. The van der Waals surface area contributed by atoms with Crippen molar-refractivity contribution in [2.45, 2.75) is 32.1 Å². The predicted octanol–water partition coefficient (Wildman–Crippen LogP) is 0.519. The molecule has 0 radical (unpaired) electrons. The van der Waals surface area contributed by atoms with E-state index in [1.807, 2.05) is 0 Å². The molecule has 1 rings (SSSR count). The van der Waals surface area contributed by atoms with Gasteiger partial charge in [0.15, 0.2) is 0 Å². The van der Waals surface area contributed by atoms with Crippen LogP contribution in [-0.4, -0.2) is 16.3 Å². The Morgan fingerprint density at radius 1 is 1.50 bits per heavy atom. The van der Waals surface area contributed by atoms with Gasteiger partial charge in [-0.2, -0.15) is 0 Å². The van der Waals surface area contributed by atoms with Crippen molar-refractivity contribution >= 4 is 16.3 Å². The summed E-state index contributed by atoms with van der Waals surface area (Å²) in [6.07, 6.45) is 9.93. The molecular weight excluding hydrogens is 166 g/mol. The maximum atomic E-state index is 10.9. The Labute approximate surface area is 76.9 Å². The Bertz CT molecular complexity index is 171. The second-order valence-electron chi connectivity index (χ2n) is 3.37. The molecule has 1 N–H and O–H groups in total. The van der Waals surface area contributed by atoms with Gasteiger partial charge in [-0.3, -0.25) is 4.79 Å². The minimum absolute atomic E-state index is 0.229. The third kappa shape index (κ3) is 3.22. The summed E-state index contributed by atoms with van der Waals surface area (Å²) >= 11 is 0. The number of amides is 1. The van der Waals surface area contributed by atoms with Gasteiger partial charge in [0, 0.05) is 6.42 Å². The third-order valence-corrected chi connectivity index (χ3v) is 2.96. The van der Waals surface area contributed by atoms with Crippen LogP contribution in [0.2, 0.25) is 0 Å².